The number of anilines is 3. The van der Waals surface area contributed by atoms with Crippen LogP contribution >= 0.6 is 0 Å². The summed E-state index contributed by atoms with van der Waals surface area (Å²) < 4.78 is 39.1. The van der Waals surface area contributed by atoms with Crippen LogP contribution in [-0.2, 0) is 21.2 Å². The molecule has 0 saturated carbocycles. The molecule has 0 saturated heterocycles. The predicted molar refractivity (Wildman–Crippen MR) is 131 cm³/mol. The van der Waals surface area contributed by atoms with E-state index in [1.165, 1.54) is 29.6 Å². The zero-order valence-corrected chi connectivity index (χ0v) is 19.9. The Morgan fingerprint density at radius 1 is 1.14 bits per heavy atom. The van der Waals surface area contributed by atoms with E-state index < -0.39 is 22.0 Å². The van der Waals surface area contributed by atoms with Gasteiger partial charge in [0.25, 0.3) is 21.8 Å². The normalized spacial score (nSPS) is 16.6. The van der Waals surface area contributed by atoms with E-state index in [1.807, 2.05) is 12.1 Å². The molecule has 0 radical (unpaired) electrons. The molecule has 2 amide bonds. The molecule has 3 aromatic rings. The molecule has 2 N–H and O–H groups in total. The Kier molecular flexibility index (Phi) is 5.60. The van der Waals surface area contributed by atoms with Gasteiger partial charge in [-0.2, -0.15) is 0 Å². The second-order valence-electron chi connectivity index (χ2n) is 8.23. The highest BCUT2D eigenvalue weighted by Gasteiger charge is 2.32. The lowest BCUT2D eigenvalue weighted by molar-refractivity contribution is -0.122. The fourth-order valence-electron chi connectivity index (χ4n) is 4.19. The Bertz CT molecular complexity index is 1450. The second-order valence-corrected chi connectivity index (χ2v) is 10.1. The lowest BCUT2D eigenvalue weighted by Gasteiger charge is -2.23. The Labute approximate surface area is 202 Å². The fraction of sp³-hybridized carbons (Fsp3) is 0.200. The van der Waals surface area contributed by atoms with Crippen LogP contribution in [0.3, 0.4) is 0 Å². The summed E-state index contributed by atoms with van der Waals surface area (Å²) in [5.41, 5.74) is 2.49. The van der Waals surface area contributed by atoms with Crippen molar-refractivity contribution in [1.82, 2.24) is 0 Å². The SMILES string of the molecule is COc1ccc(S(=O)(=O)N2CCc3ccccc32)cc1C(=O)Nc1ccc2c(c1)NC(=O)[C@H](C)O2. The van der Waals surface area contributed by atoms with Crippen LogP contribution in [0.2, 0.25) is 0 Å². The van der Waals surface area contributed by atoms with Gasteiger partial charge in [0, 0.05) is 12.2 Å². The van der Waals surface area contributed by atoms with Crippen molar-refractivity contribution in [3.8, 4) is 11.5 Å². The average Bonchev–Trinajstić information content (AvgIpc) is 3.29. The number of hydrogen-bond donors (Lipinski definition) is 2. The first kappa shape index (κ1) is 22.7. The highest BCUT2D eigenvalue weighted by Crippen LogP contribution is 2.35. The standard InChI is InChI=1S/C25H23N3O6S/c1-15-24(29)27-20-13-17(7-9-23(20)34-15)26-25(30)19-14-18(8-10-22(19)33-2)35(31,32)28-12-11-16-5-3-4-6-21(16)28/h3-10,13-15H,11-12H2,1-2H3,(H,26,30)(H,27,29)/t15-/m0/s1. The van der Waals surface area contributed by atoms with Crippen molar-refractivity contribution in [3.63, 3.8) is 0 Å². The van der Waals surface area contributed by atoms with Crippen LogP contribution in [0.25, 0.3) is 0 Å². The Balaban J connectivity index is 1.44. The molecule has 10 heteroatoms. The zero-order chi connectivity index (χ0) is 24.7. The maximum Gasteiger partial charge on any atom is 0.265 e. The summed E-state index contributed by atoms with van der Waals surface area (Å²) in [6, 6.07) is 16.4. The van der Waals surface area contributed by atoms with Crippen LogP contribution in [-0.4, -0.2) is 40.0 Å². The summed E-state index contributed by atoms with van der Waals surface area (Å²) in [6.45, 7) is 1.97. The number of amides is 2. The van der Waals surface area contributed by atoms with E-state index in [0.717, 1.165) is 5.56 Å². The molecule has 35 heavy (non-hydrogen) atoms. The lowest BCUT2D eigenvalue weighted by atomic mass is 10.1. The average molecular weight is 494 g/mol. The molecule has 2 aliphatic rings. The van der Waals surface area contributed by atoms with Crippen molar-refractivity contribution in [2.45, 2.75) is 24.3 Å². The summed E-state index contributed by atoms with van der Waals surface area (Å²) in [4.78, 5) is 25.1. The van der Waals surface area contributed by atoms with E-state index >= 15 is 0 Å². The van der Waals surface area contributed by atoms with Crippen LogP contribution in [0.5, 0.6) is 11.5 Å². The van der Waals surface area contributed by atoms with E-state index in [-0.39, 0.29) is 22.1 Å². The van der Waals surface area contributed by atoms with Gasteiger partial charge < -0.3 is 20.1 Å². The number of carbonyl (C=O) groups is 2. The fourth-order valence-corrected chi connectivity index (χ4v) is 5.72. The summed E-state index contributed by atoms with van der Waals surface area (Å²) in [5.74, 6) is -0.125. The molecule has 2 aliphatic heterocycles. The van der Waals surface area contributed by atoms with Gasteiger partial charge in [0.2, 0.25) is 0 Å². The monoisotopic (exact) mass is 493 g/mol. The number of carbonyl (C=O) groups excluding carboxylic acids is 2. The number of hydrogen-bond acceptors (Lipinski definition) is 6. The number of nitrogens with one attached hydrogen (secondary N) is 2. The van der Waals surface area contributed by atoms with Gasteiger partial charge in [-0.15, -0.1) is 0 Å². The van der Waals surface area contributed by atoms with Gasteiger partial charge in [0.1, 0.15) is 11.5 Å². The number of benzene rings is 3. The summed E-state index contributed by atoms with van der Waals surface area (Å²) in [5, 5.41) is 5.47. The molecule has 0 unspecified atom stereocenters. The predicted octanol–water partition coefficient (Wildman–Crippen LogP) is 3.42. The minimum Gasteiger partial charge on any atom is -0.496 e. The molecule has 0 aromatic heterocycles. The molecule has 2 heterocycles. The van der Waals surface area contributed by atoms with E-state index in [9.17, 15) is 18.0 Å². The second kappa shape index (κ2) is 8.62. The minimum atomic E-state index is -3.90. The van der Waals surface area contributed by atoms with Gasteiger partial charge in [-0.3, -0.25) is 13.9 Å². The van der Waals surface area contributed by atoms with Crippen LogP contribution in [0, 0.1) is 0 Å². The first-order valence-corrected chi connectivity index (χ1v) is 12.4. The topological polar surface area (TPSA) is 114 Å². The third kappa shape index (κ3) is 4.06. The van der Waals surface area contributed by atoms with Crippen LogP contribution in [0.4, 0.5) is 17.1 Å². The maximum atomic E-state index is 13.4. The highest BCUT2D eigenvalue weighted by molar-refractivity contribution is 7.92. The minimum absolute atomic E-state index is 0.0137. The van der Waals surface area contributed by atoms with E-state index in [2.05, 4.69) is 10.6 Å². The highest BCUT2D eigenvalue weighted by atomic mass is 32.2. The lowest BCUT2D eigenvalue weighted by Crippen LogP contribution is -2.34. The number of nitrogens with zero attached hydrogens (tertiary/aromatic N) is 1. The van der Waals surface area contributed by atoms with Gasteiger partial charge in [0.05, 0.1) is 28.9 Å². The number of fused-ring (bicyclic) bond motifs is 2. The Morgan fingerprint density at radius 2 is 1.94 bits per heavy atom. The van der Waals surface area contributed by atoms with Crippen molar-refractivity contribution in [3.05, 3.63) is 71.8 Å². The summed E-state index contributed by atoms with van der Waals surface area (Å²) >= 11 is 0. The van der Waals surface area contributed by atoms with E-state index in [4.69, 9.17) is 9.47 Å². The Hall–Kier alpha value is -4.05. The number of ether oxygens (including phenoxy) is 2. The number of methoxy groups -OCH3 is 1. The van der Waals surface area contributed by atoms with Gasteiger partial charge >= 0.3 is 0 Å². The molecule has 5 rings (SSSR count). The molecule has 9 nitrogen and oxygen atoms in total. The van der Waals surface area contributed by atoms with Gasteiger partial charge in [-0.25, -0.2) is 8.42 Å². The molecule has 0 fully saturated rings. The largest absolute Gasteiger partial charge is 0.496 e. The molecule has 0 aliphatic carbocycles. The molecule has 1 atom stereocenters. The van der Waals surface area contributed by atoms with Gasteiger partial charge in [0.15, 0.2) is 6.10 Å². The van der Waals surface area contributed by atoms with Crippen LogP contribution in [0.15, 0.2) is 65.6 Å². The maximum absolute atomic E-state index is 13.4. The van der Waals surface area contributed by atoms with Gasteiger partial charge in [-0.1, -0.05) is 18.2 Å². The van der Waals surface area contributed by atoms with Crippen LogP contribution < -0.4 is 24.4 Å². The zero-order valence-electron chi connectivity index (χ0n) is 19.1. The molecular formula is C25H23N3O6S. The molecular weight excluding hydrogens is 470 g/mol. The third-order valence-corrected chi connectivity index (χ3v) is 7.83. The first-order chi connectivity index (χ1) is 16.8. The number of sulfonamides is 1. The quantitative estimate of drug-likeness (QED) is 0.563. The van der Waals surface area contributed by atoms with Crippen molar-refractivity contribution >= 4 is 38.9 Å². The van der Waals surface area contributed by atoms with Crippen LogP contribution in [0.1, 0.15) is 22.8 Å². The smallest absolute Gasteiger partial charge is 0.265 e. The van der Waals surface area contributed by atoms with Gasteiger partial charge in [-0.05, 0) is 61.4 Å². The summed E-state index contributed by atoms with van der Waals surface area (Å²) in [7, 11) is -2.49. The Morgan fingerprint density at radius 3 is 2.74 bits per heavy atom. The van der Waals surface area contributed by atoms with Crippen molar-refractivity contribution < 1.29 is 27.5 Å². The molecule has 0 bridgehead atoms. The molecule has 3 aromatic carbocycles. The van der Waals surface area contributed by atoms with Crippen molar-refractivity contribution in [2.24, 2.45) is 0 Å². The third-order valence-electron chi connectivity index (χ3n) is 6.02. The molecule has 180 valence electrons. The van der Waals surface area contributed by atoms with Crippen molar-refractivity contribution in [2.75, 3.05) is 28.6 Å². The number of rotatable bonds is 5. The van der Waals surface area contributed by atoms with E-state index in [0.29, 0.717) is 35.8 Å². The molecule has 0 spiro atoms. The first-order valence-electron chi connectivity index (χ1n) is 11.0. The van der Waals surface area contributed by atoms with Crippen molar-refractivity contribution in [1.29, 1.82) is 0 Å². The van der Waals surface area contributed by atoms with E-state index in [1.54, 1.807) is 37.3 Å². The summed E-state index contributed by atoms with van der Waals surface area (Å²) in [6.07, 6.45) is 0.00968. The number of para-hydroxylation sites is 1.